The zero-order chi connectivity index (χ0) is 23.0. The van der Waals surface area contributed by atoms with Gasteiger partial charge in [-0.2, -0.15) is 0 Å². The summed E-state index contributed by atoms with van der Waals surface area (Å²) in [5.74, 6) is -0.342. The number of ether oxygens (including phenoxy) is 1. The van der Waals surface area contributed by atoms with Crippen molar-refractivity contribution in [2.24, 2.45) is 0 Å². The van der Waals surface area contributed by atoms with E-state index in [-0.39, 0.29) is 22.9 Å². The molecule has 3 rings (SSSR count). The number of nitrogens with one attached hydrogen (secondary N) is 1. The first-order valence-electron chi connectivity index (χ1n) is 10.1. The van der Waals surface area contributed by atoms with Crippen molar-refractivity contribution in [2.45, 2.75) is 17.9 Å². The molecule has 1 N–H and O–H groups in total. The number of nitrogens with zero attached hydrogens (tertiary/aromatic N) is 1. The topological polar surface area (TPSA) is 75.7 Å². The van der Waals surface area contributed by atoms with Crippen molar-refractivity contribution in [1.29, 1.82) is 0 Å². The molecule has 32 heavy (non-hydrogen) atoms. The molecule has 0 unspecified atom stereocenters. The Kier molecular flexibility index (Phi) is 8.27. The fourth-order valence-electron chi connectivity index (χ4n) is 3.15. The Morgan fingerprint density at radius 1 is 1.00 bits per heavy atom. The summed E-state index contributed by atoms with van der Waals surface area (Å²) >= 11 is 6.36. The van der Waals surface area contributed by atoms with Crippen LogP contribution < -0.4 is 9.62 Å². The fraction of sp³-hybridized carbons (Fsp3) is 0.208. The molecule has 0 fully saturated rings. The van der Waals surface area contributed by atoms with Crippen molar-refractivity contribution in [3.05, 3.63) is 95.0 Å². The van der Waals surface area contributed by atoms with E-state index >= 15 is 0 Å². The van der Waals surface area contributed by atoms with Crippen LogP contribution in [0.1, 0.15) is 22.3 Å². The largest absolute Gasteiger partial charge is 0.385 e. The lowest BCUT2D eigenvalue weighted by Gasteiger charge is -2.26. The van der Waals surface area contributed by atoms with Crippen molar-refractivity contribution in [1.82, 2.24) is 5.32 Å². The molecule has 0 heterocycles. The van der Waals surface area contributed by atoms with Gasteiger partial charge in [0.05, 0.1) is 22.2 Å². The number of benzene rings is 3. The third-order valence-electron chi connectivity index (χ3n) is 4.79. The SMILES string of the molecule is COCCCNC(=O)c1cccc(S(=O)(=O)N(Cc2ccccc2)c2ccccc2Cl)c1. The van der Waals surface area contributed by atoms with Gasteiger partial charge in [-0.25, -0.2) is 8.42 Å². The highest BCUT2D eigenvalue weighted by atomic mass is 35.5. The van der Waals surface area contributed by atoms with Gasteiger partial charge in [0.1, 0.15) is 0 Å². The number of carbonyl (C=O) groups excluding carboxylic acids is 1. The Balaban J connectivity index is 1.94. The zero-order valence-electron chi connectivity index (χ0n) is 17.7. The van der Waals surface area contributed by atoms with Gasteiger partial charge >= 0.3 is 0 Å². The molecule has 0 aliphatic carbocycles. The Labute approximate surface area is 193 Å². The Bertz CT molecular complexity index is 1150. The van der Waals surface area contributed by atoms with Gasteiger partial charge in [0.2, 0.25) is 0 Å². The lowest BCUT2D eigenvalue weighted by atomic mass is 10.2. The lowest BCUT2D eigenvalue weighted by Crippen LogP contribution is -2.31. The first-order chi connectivity index (χ1) is 15.4. The van der Waals surface area contributed by atoms with Gasteiger partial charge in [0.25, 0.3) is 15.9 Å². The van der Waals surface area contributed by atoms with Crippen LogP contribution in [0.4, 0.5) is 5.69 Å². The maximum Gasteiger partial charge on any atom is 0.264 e. The van der Waals surface area contributed by atoms with E-state index in [4.69, 9.17) is 16.3 Å². The van der Waals surface area contributed by atoms with Gasteiger partial charge in [-0.1, -0.05) is 60.1 Å². The monoisotopic (exact) mass is 472 g/mol. The third-order valence-corrected chi connectivity index (χ3v) is 6.86. The first-order valence-corrected chi connectivity index (χ1v) is 11.9. The van der Waals surface area contributed by atoms with Crippen LogP contribution in [0, 0.1) is 0 Å². The van der Waals surface area contributed by atoms with Crippen molar-refractivity contribution in [3.8, 4) is 0 Å². The molecular formula is C24H25ClN2O4S. The van der Waals surface area contributed by atoms with E-state index in [2.05, 4.69) is 5.32 Å². The summed E-state index contributed by atoms with van der Waals surface area (Å²) in [5, 5.41) is 3.09. The number of anilines is 1. The number of hydrogen-bond acceptors (Lipinski definition) is 4. The molecule has 3 aromatic rings. The second-order valence-corrected chi connectivity index (χ2v) is 9.35. The zero-order valence-corrected chi connectivity index (χ0v) is 19.3. The number of halogens is 1. The smallest absolute Gasteiger partial charge is 0.264 e. The lowest BCUT2D eigenvalue weighted by molar-refractivity contribution is 0.0948. The van der Waals surface area contributed by atoms with E-state index in [0.29, 0.717) is 30.3 Å². The number of methoxy groups -OCH3 is 1. The van der Waals surface area contributed by atoms with E-state index in [1.165, 1.54) is 16.4 Å². The van der Waals surface area contributed by atoms with E-state index in [1.54, 1.807) is 43.5 Å². The number of amides is 1. The Hall–Kier alpha value is -2.87. The van der Waals surface area contributed by atoms with Crippen LogP contribution in [0.5, 0.6) is 0 Å². The Morgan fingerprint density at radius 3 is 2.44 bits per heavy atom. The number of carbonyl (C=O) groups is 1. The van der Waals surface area contributed by atoms with Crippen LogP contribution in [0.15, 0.2) is 83.8 Å². The van der Waals surface area contributed by atoms with Crippen molar-refractivity contribution < 1.29 is 17.9 Å². The van der Waals surface area contributed by atoms with Gasteiger partial charge in [0.15, 0.2) is 0 Å². The quantitative estimate of drug-likeness (QED) is 0.441. The second-order valence-electron chi connectivity index (χ2n) is 7.08. The highest BCUT2D eigenvalue weighted by Gasteiger charge is 2.27. The van der Waals surface area contributed by atoms with Crippen molar-refractivity contribution in [3.63, 3.8) is 0 Å². The van der Waals surface area contributed by atoms with Crippen LogP contribution in [0.25, 0.3) is 0 Å². The van der Waals surface area contributed by atoms with Crippen molar-refractivity contribution >= 4 is 33.2 Å². The second kappa shape index (κ2) is 11.1. The maximum atomic E-state index is 13.7. The summed E-state index contributed by atoms with van der Waals surface area (Å²) in [6, 6.07) is 22.1. The number of sulfonamides is 1. The van der Waals surface area contributed by atoms with Crippen LogP contribution in [-0.2, 0) is 21.3 Å². The average Bonchev–Trinajstić information content (AvgIpc) is 2.81. The summed E-state index contributed by atoms with van der Waals surface area (Å²) < 4.78 is 33.6. The number of para-hydroxylation sites is 1. The van der Waals surface area contributed by atoms with Crippen molar-refractivity contribution in [2.75, 3.05) is 24.6 Å². The summed E-state index contributed by atoms with van der Waals surface area (Å²) in [6.07, 6.45) is 0.664. The van der Waals surface area contributed by atoms with E-state index < -0.39 is 10.0 Å². The molecule has 0 radical (unpaired) electrons. The van der Waals surface area contributed by atoms with Gasteiger partial charge < -0.3 is 10.1 Å². The molecule has 0 aromatic heterocycles. The number of hydrogen-bond donors (Lipinski definition) is 1. The van der Waals surface area contributed by atoms with Crippen LogP contribution >= 0.6 is 11.6 Å². The summed E-state index contributed by atoms with van der Waals surface area (Å²) in [6.45, 7) is 1.06. The van der Waals surface area contributed by atoms with Crippen LogP contribution in [0.2, 0.25) is 5.02 Å². The van der Waals surface area contributed by atoms with E-state index in [0.717, 1.165) is 5.56 Å². The molecule has 0 aliphatic heterocycles. The standard InChI is InChI=1S/C24H25ClN2O4S/c1-31-16-8-15-26-24(28)20-11-7-12-21(17-20)32(29,30)27(18-19-9-3-2-4-10-19)23-14-6-5-13-22(23)25/h2-7,9-14,17H,8,15-16,18H2,1H3,(H,26,28). The predicted octanol–water partition coefficient (Wildman–Crippen LogP) is 4.50. The Morgan fingerprint density at radius 2 is 1.72 bits per heavy atom. The molecule has 3 aromatic carbocycles. The normalized spacial score (nSPS) is 11.2. The molecule has 0 bridgehead atoms. The summed E-state index contributed by atoms with van der Waals surface area (Å²) in [5.41, 5.74) is 1.44. The molecule has 8 heteroatoms. The van der Waals surface area contributed by atoms with Gasteiger partial charge in [0, 0.05) is 25.8 Å². The minimum atomic E-state index is -4.01. The van der Waals surface area contributed by atoms with Gasteiger partial charge in [-0.3, -0.25) is 9.10 Å². The minimum absolute atomic E-state index is 0.0119. The molecule has 0 saturated heterocycles. The molecule has 0 saturated carbocycles. The molecule has 6 nitrogen and oxygen atoms in total. The summed E-state index contributed by atoms with van der Waals surface area (Å²) in [4.78, 5) is 12.5. The van der Waals surface area contributed by atoms with Crippen LogP contribution in [-0.4, -0.2) is 34.6 Å². The van der Waals surface area contributed by atoms with Gasteiger partial charge in [-0.15, -0.1) is 0 Å². The highest BCUT2D eigenvalue weighted by Crippen LogP contribution is 2.32. The molecule has 0 atom stereocenters. The molecule has 0 aliphatic rings. The van der Waals surface area contributed by atoms with Crippen LogP contribution in [0.3, 0.4) is 0 Å². The fourth-order valence-corrected chi connectivity index (χ4v) is 4.95. The highest BCUT2D eigenvalue weighted by molar-refractivity contribution is 7.92. The van der Waals surface area contributed by atoms with E-state index in [1.807, 2.05) is 30.3 Å². The average molecular weight is 473 g/mol. The van der Waals surface area contributed by atoms with Gasteiger partial charge in [-0.05, 0) is 42.3 Å². The maximum absolute atomic E-state index is 13.7. The van der Waals surface area contributed by atoms with E-state index in [9.17, 15) is 13.2 Å². The number of rotatable bonds is 10. The molecule has 0 spiro atoms. The third kappa shape index (κ3) is 5.88. The first kappa shape index (κ1) is 23.8. The molecule has 168 valence electrons. The molecule has 1 amide bonds. The summed E-state index contributed by atoms with van der Waals surface area (Å²) in [7, 11) is -2.42. The predicted molar refractivity (Wildman–Crippen MR) is 127 cm³/mol. The molecular weight excluding hydrogens is 448 g/mol. The minimum Gasteiger partial charge on any atom is -0.385 e.